The predicted molar refractivity (Wildman–Crippen MR) is 109 cm³/mol. The van der Waals surface area contributed by atoms with Gasteiger partial charge < -0.3 is 19.5 Å². The summed E-state index contributed by atoms with van der Waals surface area (Å²) in [5, 5.41) is 15.4. The number of aromatic nitrogens is 3. The van der Waals surface area contributed by atoms with E-state index in [9.17, 15) is 4.79 Å². The van der Waals surface area contributed by atoms with Gasteiger partial charge in [0.1, 0.15) is 11.5 Å². The molecular weight excluding hydrogens is 370 g/mol. The van der Waals surface area contributed by atoms with Crippen LogP contribution in [-0.2, 0) is 4.79 Å². The fourth-order valence-electron chi connectivity index (χ4n) is 3.46. The summed E-state index contributed by atoms with van der Waals surface area (Å²) in [7, 11) is 1.64. The van der Waals surface area contributed by atoms with E-state index >= 15 is 0 Å². The van der Waals surface area contributed by atoms with Gasteiger partial charge in [0.25, 0.3) is 0 Å². The van der Waals surface area contributed by atoms with E-state index in [1.807, 2.05) is 36.4 Å². The summed E-state index contributed by atoms with van der Waals surface area (Å²) >= 11 is 0. The first-order valence-electron chi connectivity index (χ1n) is 9.59. The second kappa shape index (κ2) is 8.30. The van der Waals surface area contributed by atoms with Gasteiger partial charge in [-0.3, -0.25) is 4.79 Å². The molecule has 8 nitrogen and oxygen atoms in total. The second-order valence-corrected chi connectivity index (χ2v) is 7.10. The van der Waals surface area contributed by atoms with Gasteiger partial charge in [-0.05, 0) is 56.2 Å². The summed E-state index contributed by atoms with van der Waals surface area (Å²) in [6.07, 6.45) is 1.74. The zero-order valence-electron chi connectivity index (χ0n) is 16.5. The van der Waals surface area contributed by atoms with Crippen LogP contribution in [0.15, 0.2) is 47.0 Å². The van der Waals surface area contributed by atoms with Crippen molar-refractivity contribution in [3.63, 3.8) is 0 Å². The predicted octanol–water partition coefficient (Wildman–Crippen LogP) is 3.30. The fourth-order valence-corrected chi connectivity index (χ4v) is 3.46. The number of rotatable bonds is 5. The van der Waals surface area contributed by atoms with Gasteiger partial charge in [0.15, 0.2) is 11.6 Å². The van der Waals surface area contributed by atoms with Crippen molar-refractivity contribution in [3.05, 3.63) is 48.2 Å². The van der Waals surface area contributed by atoms with Crippen LogP contribution in [-0.4, -0.2) is 41.5 Å². The zero-order chi connectivity index (χ0) is 20.2. The number of benzene rings is 1. The summed E-state index contributed by atoms with van der Waals surface area (Å²) in [4.78, 5) is 14.7. The van der Waals surface area contributed by atoms with Crippen LogP contribution in [0.3, 0.4) is 0 Å². The molecule has 1 aliphatic rings. The maximum atomic E-state index is 12.6. The third-order valence-corrected chi connectivity index (χ3v) is 5.03. The summed E-state index contributed by atoms with van der Waals surface area (Å²) in [6, 6.07) is 13.3. The Labute approximate surface area is 168 Å². The molecule has 0 saturated carbocycles. The molecule has 0 bridgehead atoms. The van der Waals surface area contributed by atoms with E-state index in [0.717, 1.165) is 42.2 Å². The highest BCUT2D eigenvalue weighted by atomic mass is 16.5. The maximum Gasteiger partial charge on any atom is 0.230 e. The Morgan fingerprint density at radius 1 is 1.21 bits per heavy atom. The third kappa shape index (κ3) is 4.37. The molecule has 0 aliphatic carbocycles. The first kappa shape index (κ1) is 18.9. The van der Waals surface area contributed by atoms with Crippen LogP contribution in [0.5, 0.6) is 5.75 Å². The monoisotopic (exact) mass is 393 g/mol. The van der Waals surface area contributed by atoms with E-state index in [-0.39, 0.29) is 11.8 Å². The Hall–Kier alpha value is -3.42. The normalized spacial score (nSPS) is 16.5. The highest BCUT2D eigenvalue weighted by Crippen LogP contribution is 2.25. The molecule has 1 aliphatic heterocycles. The number of ether oxygens (including phenoxy) is 1. The van der Waals surface area contributed by atoms with Crippen LogP contribution in [0.2, 0.25) is 0 Å². The van der Waals surface area contributed by atoms with Crippen LogP contribution in [0.4, 0.5) is 11.6 Å². The van der Waals surface area contributed by atoms with Gasteiger partial charge in [-0.25, -0.2) is 0 Å². The molecule has 1 N–H and O–H groups in total. The topological polar surface area (TPSA) is 93.4 Å². The van der Waals surface area contributed by atoms with Crippen LogP contribution >= 0.6 is 0 Å². The number of methoxy groups -OCH3 is 1. The van der Waals surface area contributed by atoms with Gasteiger partial charge in [0, 0.05) is 24.7 Å². The van der Waals surface area contributed by atoms with E-state index in [2.05, 4.69) is 25.6 Å². The van der Waals surface area contributed by atoms with Crippen LogP contribution in [0, 0.1) is 12.8 Å². The maximum absolute atomic E-state index is 12.6. The molecule has 1 fully saturated rings. The Kier molecular flexibility index (Phi) is 5.41. The summed E-state index contributed by atoms with van der Waals surface area (Å²) in [6.45, 7) is 3.24. The van der Waals surface area contributed by atoms with E-state index in [4.69, 9.17) is 9.26 Å². The fraction of sp³-hybridized carbons (Fsp3) is 0.333. The minimum absolute atomic E-state index is 0.0502. The van der Waals surface area contributed by atoms with Crippen molar-refractivity contribution in [2.24, 2.45) is 5.92 Å². The number of hydrogen-bond acceptors (Lipinski definition) is 7. The molecule has 150 valence electrons. The molecule has 8 heteroatoms. The van der Waals surface area contributed by atoms with Gasteiger partial charge in [-0.1, -0.05) is 5.16 Å². The molecule has 3 heterocycles. The van der Waals surface area contributed by atoms with Crippen molar-refractivity contribution < 1.29 is 14.1 Å². The number of nitrogens with zero attached hydrogens (tertiary/aromatic N) is 4. The number of amides is 1. The summed E-state index contributed by atoms with van der Waals surface area (Å²) in [5.41, 5.74) is 1.77. The molecule has 0 radical (unpaired) electrons. The lowest BCUT2D eigenvalue weighted by Crippen LogP contribution is -2.41. The number of anilines is 2. The molecule has 0 spiro atoms. The number of hydrogen-bond donors (Lipinski definition) is 1. The van der Waals surface area contributed by atoms with Crippen molar-refractivity contribution in [1.82, 2.24) is 15.4 Å². The van der Waals surface area contributed by atoms with Crippen molar-refractivity contribution in [2.75, 3.05) is 30.4 Å². The second-order valence-electron chi connectivity index (χ2n) is 7.10. The Bertz CT molecular complexity index is 969. The summed E-state index contributed by atoms with van der Waals surface area (Å²) in [5.74, 6) is 2.51. The van der Waals surface area contributed by atoms with E-state index in [1.54, 1.807) is 20.1 Å². The first-order chi connectivity index (χ1) is 14.1. The lowest BCUT2D eigenvalue weighted by Gasteiger charge is -2.32. The van der Waals surface area contributed by atoms with Gasteiger partial charge in [0.05, 0.1) is 18.7 Å². The molecule has 1 atom stereocenters. The average molecular weight is 393 g/mol. The molecule has 1 saturated heterocycles. The molecule has 29 heavy (non-hydrogen) atoms. The number of carbonyl (C=O) groups is 1. The molecule has 1 unspecified atom stereocenters. The number of piperidine rings is 1. The highest BCUT2D eigenvalue weighted by Gasteiger charge is 2.27. The van der Waals surface area contributed by atoms with E-state index in [0.29, 0.717) is 18.1 Å². The summed E-state index contributed by atoms with van der Waals surface area (Å²) < 4.78 is 10.2. The standard InChI is InChI=1S/C21H23N5O3/c1-14-12-19(25-29-14)22-21(27)16-4-3-11-26(13-16)20-10-9-18(23-24-20)15-5-7-17(28-2)8-6-15/h5-10,12,16H,3-4,11,13H2,1-2H3,(H,22,25,27). The quantitative estimate of drug-likeness (QED) is 0.711. The third-order valence-electron chi connectivity index (χ3n) is 5.03. The zero-order valence-corrected chi connectivity index (χ0v) is 16.5. The minimum atomic E-state index is -0.135. The highest BCUT2D eigenvalue weighted by molar-refractivity contribution is 5.92. The SMILES string of the molecule is COc1ccc(-c2ccc(N3CCCC(C(=O)Nc4cc(C)on4)C3)nn2)cc1. The lowest BCUT2D eigenvalue weighted by molar-refractivity contribution is -0.120. The molecule has 1 aromatic carbocycles. The van der Waals surface area contributed by atoms with Crippen LogP contribution in [0.25, 0.3) is 11.3 Å². The number of aryl methyl sites for hydroxylation is 1. The van der Waals surface area contributed by atoms with Crippen LogP contribution in [0.1, 0.15) is 18.6 Å². The Morgan fingerprint density at radius 3 is 2.69 bits per heavy atom. The van der Waals surface area contributed by atoms with Gasteiger partial charge in [0.2, 0.25) is 5.91 Å². The average Bonchev–Trinajstić information content (AvgIpc) is 3.18. The number of carbonyl (C=O) groups excluding carboxylic acids is 1. The first-order valence-corrected chi connectivity index (χ1v) is 9.59. The molecule has 1 amide bonds. The van der Waals surface area contributed by atoms with Gasteiger partial charge in [-0.15, -0.1) is 10.2 Å². The smallest absolute Gasteiger partial charge is 0.230 e. The minimum Gasteiger partial charge on any atom is -0.497 e. The van der Waals surface area contributed by atoms with Gasteiger partial charge >= 0.3 is 0 Å². The Balaban J connectivity index is 1.41. The van der Waals surface area contributed by atoms with Gasteiger partial charge in [-0.2, -0.15) is 0 Å². The van der Waals surface area contributed by atoms with E-state index < -0.39 is 0 Å². The van der Waals surface area contributed by atoms with Crippen molar-refractivity contribution >= 4 is 17.5 Å². The van der Waals surface area contributed by atoms with E-state index in [1.165, 1.54) is 0 Å². The Morgan fingerprint density at radius 2 is 2.03 bits per heavy atom. The molecule has 4 rings (SSSR count). The molecule has 3 aromatic rings. The number of nitrogens with one attached hydrogen (secondary N) is 1. The molecular formula is C21H23N5O3. The molecule has 2 aromatic heterocycles. The van der Waals surface area contributed by atoms with Crippen molar-refractivity contribution in [1.29, 1.82) is 0 Å². The van der Waals surface area contributed by atoms with Crippen LogP contribution < -0.4 is 15.0 Å². The van der Waals surface area contributed by atoms with Crippen molar-refractivity contribution in [2.45, 2.75) is 19.8 Å². The lowest BCUT2D eigenvalue weighted by atomic mass is 9.97. The largest absolute Gasteiger partial charge is 0.497 e. The van der Waals surface area contributed by atoms with Crippen molar-refractivity contribution in [3.8, 4) is 17.0 Å².